The van der Waals surface area contributed by atoms with Gasteiger partial charge in [0.15, 0.2) is 6.29 Å². The van der Waals surface area contributed by atoms with E-state index in [4.69, 9.17) is 14.2 Å². The summed E-state index contributed by atoms with van der Waals surface area (Å²) in [7, 11) is 5.89. The second kappa shape index (κ2) is 45.8. The Morgan fingerprint density at radius 1 is 0.450 bits per heavy atom. The highest BCUT2D eigenvalue weighted by molar-refractivity contribution is 5.69. The zero-order valence-electron chi connectivity index (χ0n) is 40.6. The van der Waals surface area contributed by atoms with E-state index < -0.39 is 18.4 Å². The molecule has 0 amide bonds. The molecule has 1 N–H and O–H groups in total. The summed E-state index contributed by atoms with van der Waals surface area (Å²) in [6.07, 6.45) is 51.9. The van der Waals surface area contributed by atoms with E-state index in [-0.39, 0.29) is 25.8 Å². The molecule has 0 aliphatic rings. The molecule has 0 aliphatic heterocycles. The second-order valence-corrected chi connectivity index (χ2v) is 19.4. The van der Waals surface area contributed by atoms with Gasteiger partial charge in [0, 0.05) is 6.42 Å². The van der Waals surface area contributed by atoms with Gasteiger partial charge >= 0.3 is 5.97 Å². The minimum absolute atomic E-state index is 0.174. The maximum Gasteiger partial charge on any atom is 0.305 e. The molecule has 0 aromatic heterocycles. The Morgan fingerprint density at radius 3 is 1.00 bits per heavy atom. The number of ether oxygens (including phenoxy) is 3. The molecule has 358 valence electrons. The van der Waals surface area contributed by atoms with E-state index >= 15 is 0 Å². The first-order valence-electron chi connectivity index (χ1n) is 26.2. The highest BCUT2D eigenvalue weighted by Crippen LogP contribution is 2.18. The molecular formula is C52H103NO7. The largest absolute Gasteiger partial charge is 0.545 e. The second-order valence-electron chi connectivity index (χ2n) is 19.4. The van der Waals surface area contributed by atoms with Crippen molar-refractivity contribution in [2.75, 3.05) is 47.5 Å². The van der Waals surface area contributed by atoms with Gasteiger partial charge in [-0.2, -0.15) is 0 Å². The Hall–Kier alpha value is -1.22. The smallest absolute Gasteiger partial charge is 0.305 e. The van der Waals surface area contributed by atoms with Crippen LogP contribution in [0.25, 0.3) is 0 Å². The number of rotatable bonds is 50. The molecule has 8 nitrogen and oxygen atoms in total. The Kier molecular flexibility index (Phi) is 44.9. The fourth-order valence-electron chi connectivity index (χ4n) is 8.01. The molecule has 0 heterocycles. The number of unbranched alkanes of at least 4 members (excludes halogenated alkanes) is 38. The molecule has 0 bridgehead atoms. The molecule has 0 aliphatic carbocycles. The van der Waals surface area contributed by atoms with Crippen LogP contribution in [0.4, 0.5) is 0 Å². The van der Waals surface area contributed by atoms with Gasteiger partial charge in [-0.3, -0.25) is 4.79 Å². The number of aliphatic hydroxyl groups is 1. The van der Waals surface area contributed by atoms with Gasteiger partial charge in [-0.15, -0.1) is 0 Å². The van der Waals surface area contributed by atoms with Gasteiger partial charge in [0.05, 0.1) is 40.3 Å². The van der Waals surface area contributed by atoms with Crippen LogP contribution in [0.15, 0.2) is 0 Å². The molecule has 0 fully saturated rings. The zero-order valence-corrected chi connectivity index (χ0v) is 40.6. The van der Waals surface area contributed by atoms with Gasteiger partial charge in [-0.25, -0.2) is 0 Å². The van der Waals surface area contributed by atoms with Crippen molar-refractivity contribution in [3.05, 3.63) is 0 Å². The first-order valence-corrected chi connectivity index (χ1v) is 26.2. The SMILES string of the molecule is CCCCCCCCCCCCCCCCCCCCCCCCCCCCCCCCCCCCCCCCCC(=O)OCC(O)COC(OCC[N+](C)(C)C)C(=O)[O-]. The van der Waals surface area contributed by atoms with E-state index in [9.17, 15) is 19.8 Å². The third-order valence-electron chi connectivity index (χ3n) is 12.1. The van der Waals surface area contributed by atoms with E-state index in [0.29, 0.717) is 17.4 Å². The minimum Gasteiger partial charge on any atom is -0.545 e. The van der Waals surface area contributed by atoms with Crippen LogP contribution in [0.2, 0.25) is 0 Å². The summed E-state index contributed by atoms with van der Waals surface area (Å²) in [6, 6.07) is 0. The summed E-state index contributed by atoms with van der Waals surface area (Å²) in [5.41, 5.74) is 0. The van der Waals surface area contributed by atoms with Gasteiger partial charge < -0.3 is 33.7 Å². The van der Waals surface area contributed by atoms with Gasteiger partial charge in [0.25, 0.3) is 0 Å². The van der Waals surface area contributed by atoms with E-state index in [2.05, 4.69) is 6.92 Å². The minimum atomic E-state index is -1.57. The molecule has 0 aromatic carbocycles. The number of nitrogens with zero attached hydrogens (tertiary/aromatic N) is 1. The van der Waals surface area contributed by atoms with Crippen molar-refractivity contribution in [1.29, 1.82) is 0 Å². The van der Waals surface area contributed by atoms with Crippen LogP contribution in [0.3, 0.4) is 0 Å². The van der Waals surface area contributed by atoms with E-state index in [1.54, 1.807) is 0 Å². The Bertz CT molecular complexity index is 894. The molecule has 8 heteroatoms. The fraction of sp³-hybridized carbons (Fsp3) is 0.962. The average Bonchev–Trinajstić information content (AvgIpc) is 3.21. The summed E-state index contributed by atoms with van der Waals surface area (Å²) < 4.78 is 16.1. The summed E-state index contributed by atoms with van der Waals surface area (Å²) in [5.74, 6) is -1.86. The lowest BCUT2D eigenvalue weighted by atomic mass is 10.0. The highest BCUT2D eigenvalue weighted by Gasteiger charge is 2.17. The number of carbonyl (C=O) groups is 2. The summed E-state index contributed by atoms with van der Waals surface area (Å²) in [5, 5.41) is 21.2. The zero-order chi connectivity index (χ0) is 44.0. The number of likely N-dealkylation sites (N-methyl/N-ethyl adjacent to an activating group) is 1. The fourth-order valence-corrected chi connectivity index (χ4v) is 8.01. The Labute approximate surface area is 373 Å². The van der Waals surface area contributed by atoms with Crippen LogP contribution in [-0.4, -0.2) is 81.4 Å². The molecule has 60 heavy (non-hydrogen) atoms. The van der Waals surface area contributed by atoms with Crippen molar-refractivity contribution >= 4 is 11.9 Å². The first-order chi connectivity index (χ1) is 29.2. The number of carboxylic acid groups (broad SMARTS) is 1. The third kappa shape index (κ3) is 47.8. The Balaban J connectivity index is 3.28. The van der Waals surface area contributed by atoms with E-state index in [0.717, 1.165) is 19.3 Å². The van der Waals surface area contributed by atoms with Gasteiger partial charge in [-0.05, 0) is 6.42 Å². The number of hydrogen-bond donors (Lipinski definition) is 1. The summed E-state index contributed by atoms with van der Waals surface area (Å²) in [4.78, 5) is 23.2. The number of esters is 1. The summed E-state index contributed by atoms with van der Waals surface area (Å²) in [6.45, 7) is 2.50. The number of carboxylic acids is 1. The predicted molar refractivity (Wildman–Crippen MR) is 251 cm³/mol. The molecule has 0 saturated heterocycles. The molecule has 2 atom stereocenters. The number of aliphatic hydroxyl groups excluding tert-OH is 1. The molecule has 0 aromatic rings. The van der Waals surface area contributed by atoms with Crippen molar-refractivity contribution in [3.8, 4) is 0 Å². The first kappa shape index (κ1) is 58.8. The molecule has 0 rings (SSSR count). The van der Waals surface area contributed by atoms with Crippen LogP contribution < -0.4 is 5.11 Å². The molecule has 0 saturated carbocycles. The van der Waals surface area contributed by atoms with Crippen molar-refractivity contribution < 1.29 is 38.5 Å². The molecule has 0 radical (unpaired) electrons. The van der Waals surface area contributed by atoms with E-state index in [1.165, 1.54) is 231 Å². The normalized spacial score (nSPS) is 12.9. The van der Waals surface area contributed by atoms with Crippen LogP contribution in [0.5, 0.6) is 0 Å². The summed E-state index contributed by atoms with van der Waals surface area (Å²) >= 11 is 0. The lowest BCUT2D eigenvalue weighted by Gasteiger charge is -2.26. The van der Waals surface area contributed by atoms with Crippen LogP contribution in [-0.2, 0) is 23.8 Å². The molecular weight excluding hydrogens is 751 g/mol. The molecule has 2 unspecified atom stereocenters. The molecule has 0 spiro atoms. The monoisotopic (exact) mass is 854 g/mol. The topological polar surface area (TPSA) is 105 Å². The third-order valence-corrected chi connectivity index (χ3v) is 12.1. The lowest BCUT2D eigenvalue weighted by Crippen LogP contribution is -2.44. The highest BCUT2D eigenvalue weighted by atomic mass is 16.7. The quantitative estimate of drug-likeness (QED) is 0.0281. The van der Waals surface area contributed by atoms with Crippen molar-refractivity contribution in [3.63, 3.8) is 0 Å². The average molecular weight is 854 g/mol. The van der Waals surface area contributed by atoms with Crippen LogP contribution >= 0.6 is 0 Å². The maximum absolute atomic E-state index is 12.0. The number of quaternary nitrogens is 1. The Morgan fingerprint density at radius 2 is 0.733 bits per heavy atom. The predicted octanol–water partition coefficient (Wildman–Crippen LogP) is 13.3. The number of carbonyl (C=O) groups excluding carboxylic acids is 2. The van der Waals surface area contributed by atoms with Crippen molar-refractivity contribution in [2.24, 2.45) is 0 Å². The van der Waals surface area contributed by atoms with Gasteiger partial charge in [0.1, 0.15) is 19.3 Å². The number of hydrogen-bond acceptors (Lipinski definition) is 7. The lowest BCUT2D eigenvalue weighted by molar-refractivity contribution is -0.870. The standard InChI is InChI=1S/C52H103NO7/c1-5-6-7-8-9-10-11-12-13-14-15-16-17-18-19-20-21-22-23-24-25-26-27-28-29-30-31-32-33-34-35-36-37-38-39-40-41-42-43-44-50(55)59-47-49(54)48-60-52(51(56)57)58-46-45-53(2,3)4/h49,52,54H,5-48H2,1-4H3. The van der Waals surface area contributed by atoms with E-state index in [1.807, 2.05) is 21.1 Å². The van der Waals surface area contributed by atoms with Gasteiger partial charge in [0.2, 0.25) is 0 Å². The van der Waals surface area contributed by atoms with Crippen molar-refractivity contribution in [1.82, 2.24) is 0 Å². The van der Waals surface area contributed by atoms with Gasteiger partial charge in [-0.1, -0.05) is 251 Å². The van der Waals surface area contributed by atoms with Crippen molar-refractivity contribution in [2.45, 2.75) is 276 Å². The van der Waals surface area contributed by atoms with Crippen LogP contribution in [0, 0.1) is 0 Å². The number of aliphatic carboxylic acids is 1. The van der Waals surface area contributed by atoms with Crippen LogP contribution in [0.1, 0.15) is 264 Å². The maximum atomic E-state index is 12.0.